The number of allylic oxidation sites excluding steroid dienone is 2. The first kappa shape index (κ1) is 12.4. The number of ketones is 1. The van der Waals surface area contributed by atoms with Crippen LogP contribution in [0.3, 0.4) is 0 Å². The van der Waals surface area contributed by atoms with E-state index in [-0.39, 0.29) is 28.6 Å². The molecular formula is C16H9N3O3. The summed E-state index contributed by atoms with van der Waals surface area (Å²) in [6, 6.07) is 8.88. The van der Waals surface area contributed by atoms with Gasteiger partial charge in [-0.15, -0.1) is 0 Å². The van der Waals surface area contributed by atoms with E-state index in [4.69, 9.17) is 10.5 Å². The number of para-hydroxylation sites is 1. The normalized spacial score (nSPS) is 25.0. The lowest BCUT2D eigenvalue weighted by atomic mass is 9.68. The number of nitrogens with zero attached hydrogens (tertiary/aromatic N) is 1. The first-order chi connectivity index (χ1) is 10.6. The molecule has 0 fully saturated rings. The highest BCUT2D eigenvalue weighted by Gasteiger charge is 2.59. The average molecular weight is 291 g/mol. The number of hydrogen-bond acceptors (Lipinski definition) is 5. The number of anilines is 1. The zero-order valence-corrected chi connectivity index (χ0v) is 11.2. The number of fused-ring (bicyclic) bond motifs is 3. The molecule has 3 N–H and O–H groups in total. The quantitative estimate of drug-likeness (QED) is 0.741. The smallest absolute Gasteiger partial charge is 0.245 e. The molecule has 106 valence electrons. The van der Waals surface area contributed by atoms with Gasteiger partial charge in [0.1, 0.15) is 22.8 Å². The van der Waals surface area contributed by atoms with Crippen molar-refractivity contribution in [2.75, 3.05) is 5.32 Å². The summed E-state index contributed by atoms with van der Waals surface area (Å²) in [4.78, 5) is 25.1. The number of nitrogens with one attached hydrogen (secondary N) is 1. The Morgan fingerprint density at radius 2 is 2.00 bits per heavy atom. The molecule has 1 amide bonds. The van der Waals surface area contributed by atoms with Crippen molar-refractivity contribution >= 4 is 17.4 Å². The minimum atomic E-state index is -1.54. The van der Waals surface area contributed by atoms with E-state index in [2.05, 4.69) is 5.32 Å². The van der Waals surface area contributed by atoms with Crippen molar-refractivity contribution < 1.29 is 14.3 Å². The van der Waals surface area contributed by atoms with Crippen molar-refractivity contribution in [3.8, 4) is 6.07 Å². The molecule has 0 radical (unpaired) electrons. The molecule has 1 unspecified atom stereocenters. The highest BCUT2D eigenvalue weighted by atomic mass is 16.5. The van der Waals surface area contributed by atoms with Crippen molar-refractivity contribution in [2.24, 2.45) is 5.73 Å². The lowest BCUT2D eigenvalue weighted by molar-refractivity contribution is -0.121. The Bertz CT molecular complexity index is 901. The summed E-state index contributed by atoms with van der Waals surface area (Å²) in [6.45, 7) is 0. The van der Waals surface area contributed by atoms with Crippen LogP contribution in [-0.2, 0) is 19.7 Å². The van der Waals surface area contributed by atoms with Crippen molar-refractivity contribution in [1.82, 2.24) is 0 Å². The number of amides is 1. The average Bonchev–Trinajstić information content (AvgIpc) is 3.00. The van der Waals surface area contributed by atoms with Crippen LogP contribution in [0, 0.1) is 11.3 Å². The lowest BCUT2D eigenvalue weighted by Gasteiger charge is -2.32. The summed E-state index contributed by atoms with van der Waals surface area (Å²) in [5.74, 6) is -0.774. The van der Waals surface area contributed by atoms with Gasteiger partial charge in [0.15, 0.2) is 5.78 Å². The van der Waals surface area contributed by atoms with Crippen molar-refractivity contribution in [3.05, 3.63) is 64.8 Å². The second kappa shape index (κ2) is 3.86. The molecule has 6 nitrogen and oxygen atoms in total. The Morgan fingerprint density at radius 3 is 2.77 bits per heavy atom. The van der Waals surface area contributed by atoms with Crippen molar-refractivity contribution in [2.45, 2.75) is 5.41 Å². The first-order valence-electron chi connectivity index (χ1n) is 6.57. The maximum Gasteiger partial charge on any atom is 0.245 e. The van der Waals surface area contributed by atoms with Gasteiger partial charge < -0.3 is 15.8 Å². The van der Waals surface area contributed by atoms with E-state index < -0.39 is 11.3 Å². The SMILES string of the molecule is N#CC1=C(N)OC2=C(C(=O)C=C2)C12C(=O)Nc1ccccc12. The molecule has 0 saturated carbocycles. The second-order valence-corrected chi connectivity index (χ2v) is 5.14. The first-order valence-corrected chi connectivity index (χ1v) is 6.57. The van der Waals surface area contributed by atoms with Crippen LogP contribution in [0.1, 0.15) is 5.56 Å². The molecule has 0 saturated heterocycles. The fourth-order valence-corrected chi connectivity index (χ4v) is 3.27. The summed E-state index contributed by atoms with van der Waals surface area (Å²) in [5.41, 5.74) is 5.47. The maximum atomic E-state index is 12.8. The Labute approximate surface area is 125 Å². The predicted molar refractivity (Wildman–Crippen MR) is 75.8 cm³/mol. The molecule has 1 spiro atoms. The van der Waals surface area contributed by atoms with Crippen LogP contribution < -0.4 is 11.1 Å². The number of carbonyl (C=O) groups is 2. The van der Waals surface area contributed by atoms with E-state index in [9.17, 15) is 14.9 Å². The van der Waals surface area contributed by atoms with Crippen LogP contribution in [0.4, 0.5) is 5.69 Å². The molecule has 1 aromatic carbocycles. The van der Waals surface area contributed by atoms with Gasteiger partial charge in [-0.3, -0.25) is 9.59 Å². The summed E-state index contributed by atoms with van der Waals surface area (Å²) in [6.07, 6.45) is 2.78. The number of ether oxygens (including phenoxy) is 1. The topological polar surface area (TPSA) is 105 Å². The third-order valence-electron chi connectivity index (χ3n) is 4.13. The van der Waals surface area contributed by atoms with Gasteiger partial charge in [-0.25, -0.2) is 0 Å². The van der Waals surface area contributed by atoms with E-state index >= 15 is 0 Å². The predicted octanol–water partition coefficient (Wildman–Crippen LogP) is 0.994. The molecule has 4 rings (SSSR count). The lowest BCUT2D eigenvalue weighted by Crippen LogP contribution is -2.44. The third kappa shape index (κ3) is 1.19. The minimum Gasteiger partial charge on any atom is -0.440 e. The molecule has 1 aromatic rings. The molecule has 22 heavy (non-hydrogen) atoms. The van der Waals surface area contributed by atoms with Crippen LogP contribution in [0.25, 0.3) is 0 Å². The maximum absolute atomic E-state index is 12.8. The molecule has 1 aliphatic carbocycles. The van der Waals surface area contributed by atoms with Gasteiger partial charge in [0.25, 0.3) is 0 Å². The van der Waals surface area contributed by atoms with Gasteiger partial charge in [-0.1, -0.05) is 18.2 Å². The van der Waals surface area contributed by atoms with E-state index in [1.807, 2.05) is 6.07 Å². The van der Waals surface area contributed by atoms with Crippen LogP contribution in [0.15, 0.2) is 59.2 Å². The minimum absolute atomic E-state index is 0.0641. The fourth-order valence-electron chi connectivity index (χ4n) is 3.27. The van der Waals surface area contributed by atoms with E-state index in [0.717, 1.165) is 0 Å². The van der Waals surface area contributed by atoms with E-state index in [0.29, 0.717) is 11.3 Å². The molecule has 6 heteroatoms. The fraction of sp³-hybridized carbons (Fsp3) is 0.0625. The highest BCUT2D eigenvalue weighted by Crippen LogP contribution is 2.53. The number of benzene rings is 1. The number of rotatable bonds is 0. The van der Waals surface area contributed by atoms with Gasteiger partial charge >= 0.3 is 0 Å². The van der Waals surface area contributed by atoms with Crippen molar-refractivity contribution in [3.63, 3.8) is 0 Å². The largest absolute Gasteiger partial charge is 0.440 e. The van der Waals surface area contributed by atoms with Gasteiger partial charge in [-0.05, 0) is 18.2 Å². The number of carbonyl (C=O) groups excluding carboxylic acids is 2. The van der Waals surface area contributed by atoms with Gasteiger partial charge in [0.2, 0.25) is 11.8 Å². The van der Waals surface area contributed by atoms with Crippen molar-refractivity contribution in [1.29, 1.82) is 5.26 Å². The summed E-state index contributed by atoms with van der Waals surface area (Å²) in [7, 11) is 0. The molecule has 3 aliphatic rings. The van der Waals surface area contributed by atoms with Gasteiger partial charge in [-0.2, -0.15) is 5.26 Å². The summed E-state index contributed by atoms with van der Waals surface area (Å²) < 4.78 is 5.36. The molecular weight excluding hydrogens is 282 g/mol. The Hall–Kier alpha value is -3.33. The molecule has 0 aromatic heterocycles. The Balaban J connectivity index is 2.14. The van der Waals surface area contributed by atoms with Crippen LogP contribution in [0.5, 0.6) is 0 Å². The van der Waals surface area contributed by atoms with Crippen LogP contribution >= 0.6 is 0 Å². The summed E-state index contributed by atoms with van der Waals surface area (Å²) >= 11 is 0. The third-order valence-corrected chi connectivity index (χ3v) is 4.13. The number of nitriles is 1. The monoisotopic (exact) mass is 291 g/mol. The Morgan fingerprint density at radius 1 is 1.23 bits per heavy atom. The van der Waals surface area contributed by atoms with Gasteiger partial charge in [0.05, 0.1) is 5.57 Å². The van der Waals surface area contributed by atoms with Gasteiger partial charge in [0, 0.05) is 11.3 Å². The Kier molecular flexibility index (Phi) is 2.18. The van der Waals surface area contributed by atoms with Crippen LogP contribution in [-0.4, -0.2) is 11.7 Å². The molecule has 1 atom stereocenters. The standard InChI is InChI=1S/C16H9N3O3/c17-7-9-14(18)22-12-6-5-11(20)13(12)16(9)8-3-1-2-4-10(8)19-15(16)21/h1-6H,18H2,(H,19,21). The molecule has 2 aliphatic heterocycles. The van der Waals surface area contributed by atoms with E-state index in [1.165, 1.54) is 12.2 Å². The zero-order valence-electron chi connectivity index (χ0n) is 11.2. The second-order valence-electron chi connectivity index (χ2n) is 5.14. The molecule has 0 bridgehead atoms. The number of nitrogens with two attached hydrogens (primary N) is 1. The van der Waals surface area contributed by atoms with E-state index in [1.54, 1.807) is 24.3 Å². The highest BCUT2D eigenvalue weighted by molar-refractivity contribution is 6.22. The van der Waals surface area contributed by atoms with Crippen LogP contribution in [0.2, 0.25) is 0 Å². The molecule has 2 heterocycles. The number of hydrogen-bond donors (Lipinski definition) is 2. The zero-order chi connectivity index (χ0) is 15.5. The summed E-state index contributed by atoms with van der Waals surface area (Å²) in [5, 5.41) is 12.3.